The fourth-order valence-electron chi connectivity index (χ4n) is 3.98. The number of aromatic hydroxyl groups is 1. The molecule has 2 rings (SSSR count). The molecule has 0 amide bonds. The molecule has 0 aromatic heterocycles. The molecule has 0 aliphatic heterocycles. The molecule has 1 saturated carbocycles. The van der Waals surface area contributed by atoms with Crippen LogP contribution in [0.25, 0.3) is 0 Å². The molecule has 112 valence electrons. The van der Waals surface area contributed by atoms with E-state index in [-0.39, 0.29) is 6.10 Å². The van der Waals surface area contributed by atoms with Crippen LogP contribution in [0.15, 0.2) is 24.3 Å². The van der Waals surface area contributed by atoms with Gasteiger partial charge < -0.3 is 10.2 Å². The van der Waals surface area contributed by atoms with Crippen LogP contribution >= 0.6 is 0 Å². The summed E-state index contributed by atoms with van der Waals surface area (Å²) < 4.78 is 0. The molecule has 0 radical (unpaired) electrons. The molecule has 0 heterocycles. The Kier molecular flexibility index (Phi) is 5.47. The van der Waals surface area contributed by atoms with Gasteiger partial charge >= 0.3 is 0 Å². The lowest BCUT2D eigenvalue weighted by Crippen LogP contribution is -2.27. The van der Waals surface area contributed by atoms with Gasteiger partial charge in [0.15, 0.2) is 0 Å². The number of phenolic OH excluding ortho intramolecular Hbond substituents is 1. The highest BCUT2D eigenvalue weighted by Gasteiger charge is 2.31. The standard InChI is InChI=1S/C18H28O2/c1-3-17(13-5-9-15(19)10-6-13)18(4-2)14-7-11-16(20)12-8-14/h5-6,9-10,14,16-20H,3-4,7-8,11-12H2,1-2H3. The smallest absolute Gasteiger partial charge is 0.115 e. The maximum atomic E-state index is 9.70. The predicted molar refractivity (Wildman–Crippen MR) is 82.9 cm³/mol. The van der Waals surface area contributed by atoms with E-state index >= 15 is 0 Å². The lowest BCUT2D eigenvalue weighted by Gasteiger charge is -2.36. The fraction of sp³-hybridized carbons (Fsp3) is 0.667. The third-order valence-corrected chi connectivity index (χ3v) is 5.10. The lowest BCUT2D eigenvalue weighted by molar-refractivity contribution is 0.0833. The van der Waals surface area contributed by atoms with Crippen molar-refractivity contribution in [3.63, 3.8) is 0 Å². The summed E-state index contributed by atoms with van der Waals surface area (Å²) in [5.41, 5.74) is 1.35. The van der Waals surface area contributed by atoms with Gasteiger partial charge in [-0.2, -0.15) is 0 Å². The van der Waals surface area contributed by atoms with Crippen LogP contribution in [0.3, 0.4) is 0 Å². The molecule has 20 heavy (non-hydrogen) atoms. The summed E-state index contributed by atoms with van der Waals surface area (Å²) in [7, 11) is 0. The summed E-state index contributed by atoms with van der Waals surface area (Å²) in [6.45, 7) is 4.55. The van der Waals surface area contributed by atoms with Crippen LogP contribution < -0.4 is 0 Å². The van der Waals surface area contributed by atoms with Gasteiger partial charge in [0.1, 0.15) is 5.75 Å². The van der Waals surface area contributed by atoms with E-state index in [1.807, 2.05) is 0 Å². The Bertz CT molecular complexity index is 390. The van der Waals surface area contributed by atoms with Gasteiger partial charge in [0.25, 0.3) is 0 Å². The van der Waals surface area contributed by atoms with Crippen LogP contribution in [0.5, 0.6) is 5.75 Å². The highest BCUT2D eigenvalue weighted by atomic mass is 16.3. The maximum absolute atomic E-state index is 9.70. The summed E-state index contributed by atoms with van der Waals surface area (Å²) in [6, 6.07) is 7.75. The van der Waals surface area contributed by atoms with E-state index in [4.69, 9.17) is 0 Å². The van der Waals surface area contributed by atoms with Gasteiger partial charge in [0, 0.05) is 0 Å². The molecule has 1 aliphatic rings. The molecule has 2 nitrogen and oxygen atoms in total. The van der Waals surface area contributed by atoms with Crippen molar-refractivity contribution in [2.45, 2.75) is 64.4 Å². The Hall–Kier alpha value is -1.02. The zero-order chi connectivity index (χ0) is 14.5. The average Bonchev–Trinajstić information content (AvgIpc) is 2.47. The first-order valence-corrected chi connectivity index (χ1v) is 8.12. The Morgan fingerprint density at radius 2 is 1.60 bits per heavy atom. The van der Waals surface area contributed by atoms with Crippen molar-refractivity contribution in [1.29, 1.82) is 0 Å². The number of aliphatic hydroxyl groups excluding tert-OH is 1. The molecule has 0 spiro atoms. The Morgan fingerprint density at radius 3 is 2.10 bits per heavy atom. The van der Waals surface area contributed by atoms with Crippen LogP contribution in [0.2, 0.25) is 0 Å². The molecule has 1 aliphatic carbocycles. The van der Waals surface area contributed by atoms with Crippen LogP contribution in [0, 0.1) is 11.8 Å². The second-order valence-electron chi connectivity index (χ2n) is 6.25. The molecular formula is C18H28O2. The average molecular weight is 276 g/mol. The van der Waals surface area contributed by atoms with Crippen molar-refractivity contribution < 1.29 is 10.2 Å². The van der Waals surface area contributed by atoms with Gasteiger partial charge in [-0.1, -0.05) is 32.4 Å². The summed E-state index contributed by atoms with van der Waals surface area (Å²) in [4.78, 5) is 0. The monoisotopic (exact) mass is 276 g/mol. The number of hydrogen-bond donors (Lipinski definition) is 2. The van der Waals surface area contributed by atoms with Crippen LogP contribution in [-0.4, -0.2) is 16.3 Å². The minimum atomic E-state index is -0.0718. The minimum Gasteiger partial charge on any atom is -0.508 e. The topological polar surface area (TPSA) is 40.5 Å². The number of phenols is 1. The molecule has 0 saturated heterocycles. The maximum Gasteiger partial charge on any atom is 0.115 e. The molecular weight excluding hydrogens is 248 g/mol. The van der Waals surface area contributed by atoms with E-state index in [1.165, 1.54) is 12.0 Å². The van der Waals surface area contributed by atoms with Gasteiger partial charge in [-0.15, -0.1) is 0 Å². The van der Waals surface area contributed by atoms with Crippen molar-refractivity contribution >= 4 is 0 Å². The minimum absolute atomic E-state index is 0.0718. The second-order valence-corrected chi connectivity index (χ2v) is 6.25. The first-order chi connectivity index (χ1) is 9.65. The molecule has 1 fully saturated rings. The van der Waals surface area contributed by atoms with Gasteiger partial charge in [-0.25, -0.2) is 0 Å². The highest BCUT2D eigenvalue weighted by Crippen LogP contribution is 2.41. The molecule has 0 bridgehead atoms. The Labute approximate surface area is 122 Å². The van der Waals surface area contributed by atoms with Crippen molar-refractivity contribution in [2.24, 2.45) is 11.8 Å². The third kappa shape index (κ3) is 3.54. The van der Waals surface area contributed by atoms with Crippen LogP contribution in [-0.2, 0) is 0 Å². The normalized spacial score (nSPS) is 26.1. The summed E-state index contributed by atoms with van der Waals surface area (Å²) in [6.07, 6.45) is 6.52. The Morgan fingerprint density at radius 1 is 1.00 bits per heavy atom. The SMILES string of the molecule is CCC(c1ccc(O)cc1)C(CC)C1CCC(O)CC1. The zero-order valence-electron chi connectivity index (χ0n) is 12.8. The van der Waals surface area contributed by atoms with Crippen molar-refractivity contribution in [3.05, 3.63) is 29.8 Å². The van der Waals surface area contributed by atoms with Crippen molar-refractivity contribution in [1.82, 2.24) is 0 Å². The highest BCUT2D eigenvalue weighted by molar-refractivity contribution is 5.28. The number of benzene rings is 1. The Balaban J connectivity index is 2.12. The number of rotatable bonds is 5. The van der Waals surface area contributed by atoms with E-state index in [0.717, 1.165) is 38.0 Å². The van der Waals surface area contributed by atoms with Gasteiger partial charge in [0.2, 0.25) is 0 Å². The third-order valence-electron chi connectivity index (χ3n) is 5.10. The quantitative estimate of drug-likeness (QED) is 0.833. The van der Waals surface area contributed by atoms with Gasteiger partial charge in [-0.3, -0.25) is 0 Å². The molecule has 1 aromatic rings. The van der Waals surface area contributed by atoms with E-state index < -0.39 is 0 Å². The number of aliphatic hydroxyl groups is 1. The second kappa shape index (κ2) is 7.12. The summed E-state index contributed by atoms with van der Waals surface area (Å²) in [5, 5.41) is 19.2. The fourth-order valence-corrected chi connectivity index (χ4v) is 3.98. The largest absolute Gasteiger partial charge is 0.508 e. The number of hydrogen-bond acceptors (Lipinski definition) is 2. The van der Waals surface area contributed by atoms with E-state index in [0.29, 0.717) is 17.6 Å². The van der Waals surface area contributed by atoms with E-state index in [2.05, 4.69) is 26.0 Å². The van der Waals surface area contributed by atoms with E-state index in [9.17, 15) is 10.2 Å². The molecule has 2 atom stereocenters. The first kappa shape index (κ1) is 15.4. The zero-order valence-corrected chi connectivity index (χ0v) is 12.8. The van der Waals surface area contributed by atoms with Crippen molar-refractivity contribution in [2.75, 3.05) is 0 Å². The lowest BCUT2D eigenvalue weighted by atomic mass is 9.69. The molecule has 2 heteroatoms. The predicted octanol–water partition coefficient (Wildman–Crippen LogP) is 4.46. The molecule has 2 unspecified atom stereocenters. The summed E-state index contributed by atoms with van der Waals surface area (Å²) >= 11 is 0. The van der Waals surface area contributed by atoms with Crippen LogP contribution in [0.4, 0.5) is 0 Å². The van der Waals surface area contributed by atoms with Crippen LogP contribution in [0.1, 0.15) is 63.9 Å². The van der Waals surface area contributed by atoms with Gasteiger partial charge in [-0.05, 0) is 67.6 Å². The van der Waals surface area contributed by atoms with Gasteiger partial charge in [0.05, 0.1) is 6.10 Å². The molecule has 2 N–H and O–H groups in total. The van der Waals surface area contributed by atoms with Crippen molar-refractivity contribution in [3.8, 4) is 5.75 Å². The van der Waals surface area contributed by atoms with E-state index in [1.54, 1.807) is 12.1 Å². The summed E-state index contributed by atoms with van der Waals surface area (Å²) in [5.74, 6) is 2.34. The molecule has 1 aromatic carbocycles. The first-order valence-electron chi connectivity index (χ1n) is 8.12.